The molecule has 0 spiro atoms. The van der Waals surface area contributed by atoms with E-state index in [1.165, 1.54) is 0 Å². The van der Waals surface area contributed by atoms with Crippen molar-refractivity contribution in [2.24, 2.45) is 0 Å². The summed E-state index contributed by atoms with van der Waals surface area (Å²) in [5.41, 5.74) is 1.11. The number of hydrogen-bond acceptors (Lipinski definition) is 5. The molecule has 0 radical (unpaired) electrons. The lowest BCUT2D eigenvalue weighted by molar-refractivity contribution is 0.174. The lowest BCUT2D eigenvalue weighted by atomic mass is 10.1. The van der Waals surface area contributed by atoms with E-state index in [4.69, 9.17) is 14.7 Å². The van der Waals surface area contributed by atoms with E-state index in [-0.39, 0.29) is 6.04 Å². The number of fused-ring (bicyclic) bond motifs is 1. The Morgan fingerprint density at radius 2 is 2.16 bits per heavy atom. The molecule has 0 N–H and O–H groups in total. The van der Waals surface area contributed by atoms with E-state index in [2.05, 4.69) is 22.9 Å². The van der Waals surface area contributed by atoms with Crippen molar-refractivity contribution in [3.63, 3.8) is 0 Å². The lowest BCUT2D eigenvalue weighted by Gasteiger charge is -2.40. The third-order valence-corrected chi connectivity index (χ3v) is 3.70. The van der Waals surface area contributed by atoms with Gasteiger partial charge in [0.2, 0.25) is 6.79 Å². The van der Waals surface area contributed by atoms with Crippen LogP contribution in [-0.2, 0) is 0 Å². The van der Waals surface area contributed by atoms with Crippen molar-refractivity contribution in [3.8, 4) is 17.6 Å². The van der Waals surface area contributed by atoms with E-state index in [1.54, 1.807) is 0 Å². The van der Waals surface area contributed by atoms with Crippen LogP contribution in [-0.4, -0.2) is 44.4 Å². The number of anilines is 1. The zero-order valence-corrected chi connectivity index (χ0v) is 11.0. The number of nitriles is 1. The molecular weight excluding hydrogens is 242 g/mol. The molecule has 1 saturated heterocycles. The van der Waals surface area contributed by atoms with Crippen LogP contribution in [0.2, 0.25) is 0 Å². The van der Waals surface area contributed by atoms with Crippen LogP contribution in [0.4, 0.5) is 5.69 Å². The fourth-order valence-corrected chi connectivity index (χ4v) is 2.69. The van der Waals surface area contributed by atoms with Gasteiger partial charge in [-0.2, -0.15) is 5.26 Å². The molecule has 0 amide bonds. The van der Waals surface area contributed by atoms with Gasteiger partial charge >= 0.3 is 0 Å². The van der Waals surface area contributed by atoms with Gasteiger partial charge in [0.05, 0.1) is 18.5 Å². The van der Waals surface area contributed by atoms with E-state index < -0.39 is 0 Å². The first-order valence-corrected chi connectivity index (χ1v) is 6.49. The Kier molecular flexibility index (Phi) is 3.18. The Morgan fingerprint density at radius 1 is 1.32 bits per heavy atom. The van der Waals surface area contributed by atoms with Gasteiger partial charge in [0.1, 0.15) is 0 Å². The van der Waals surface area contributed by atoms with Crippen LogP contribution in [0.15, 0.2) is 18.2 Å². The third kappa shape index (κ3) is 2.32. The van der Waals surface area contributed by atoms with Gasteiger partial charge in [-0.05, 0) is 19.2 Å². The summed E-state index contributed by atoms with van der Waals surface area (Å²) in [4.78, 5) is 4.57. The molecule has 0 aromatic heterocycles. The molecule has 1 unspecified atom stereocenters. The number of rotatable bonds is 2. The summed E-state index contributed by atoms with van der Waals surface area (Å²) >= 11 is 0. The molecule has 100 valence electrons. The SMILES string of the molecule is CN1CCN(c2ccc3c(c2)OCO3)C(CC#N)C1. The first-order chi connectivity index (χ1) is 9.28. The summed E-state index contributed by atoms with van der Waals surface area (Å²) in [5.74, 6) is 1.60. The highest BCUT2D eigenvalue weighted by Gasteiger charge is 2.26. The number of nitrogens with zero attached hydrogens (tertiary/aromatic N) is 3. The zero-order valence-electron chi connectivity index (χ0n) is 11.0. The highest BCUT2D eigenvalue weighted by atomic mass is 16.7. The Labute approximate surface area is 112 Å². The minimum Gasteiger partial charge on any atom is -0.454 e. The number of benzene rings is 1. The van der Waals surface area contributed by atoms with Crippen LogP contribution < -0.4 is 14.4 Å². The molecule has 1 aromatic rings. The Morgan fingerprint density at radius 3 is 3.00 bits per heavy atom. The molecule has 1 fully saturated rings. The van der Waals surface area contributed by atoms with Crippen molar-refractivity contribution < 1.29 is 9.47 Å². The molecule has 0 aliphatic carbocycles. The summed E-state index contributed by atoms with van der Waals surface area (Å²) in [5, 5.41) is 8.98. The highest BCUT2D eigenvalue weighted by molar-refractivity contribution is 5.58. The first-order valence-electron chi connectivity index (χ1n) is 6.49. The summed E-state index contributed by atoms with van der Waals surface area (Å²) in [7, 11) is 2.10. The maximum atomic E-state index is 8.98. The lowest BCUT2D eigenvalue weighted by Crippen LogP contribution is -2.51. The Balaban J connectivity index is 1.85. The second kappa shape index (κ2) is 4.98. The van der Waals surface area contributed by atoms with Crippen LogP contribution in [0, 0.1) is 11.3 Å². The summed E-state index contributed by atoms with van der Waals surface area (Å²) in [6, 6.07) is 8.53. The quantitative estimate of drug-likeness (QED) is 0.804. The van der Waals surface area contributed by atoms with Gasteiger partial charge in [-0.3, -0.25) is 0 Å². The zero-order chi connectivity index (χ0) is 13.2. The Bertz CT molecular complexity index is 512. The topological polar surface area (TPSA) is 48.7 Å². The van der Waals surface area contributed by atoms with Crippen molar-refractivity contribution in [1.82, 2.24) is 4.90 Å². The van der Waals surface area contributed by atoms with Gasteiger partial charge in [0.15, 0.2) is 11.5 Å². The summed E-state index contributed by atoms with van der Waals surface area (Å²) in [6.07, 6.45) is 0.540. The number of likely N-dealkylation sites (N-methyl/N-ethyl adjacent to an activating group) is 1. The molecule has 2 aliphatic heterocycles. The largest absolute Gasteiger partial charge is 0.454 e. The molecule has 2 heterocycles. The van der Waals surface area contributed by atoms with Crippen LogP contribution in [0.3, 0.4) is 0 Å². The molecule has 0 saturated carbocycles. The second-order valence-corrected chi connectivity index (χ2v) is 5.01. The van der Waals surface area contributed by atoms with Crippen LogP contribution >= 0.6 is 0 Å². The third-order valence-electron chi connectivity index (χ3n) is 3.70. The standard InChI is InChI=1S/C14H17N3O2/c1-16-6-7-17(12(9-16)4-5-15)11-2-3-13-14(8-11)19-10-18-13/h2-3,8,12H,4,6-7,9-10H2,1H3. The van der Waals surface area contributed by atoms with Gasteiger partial charge in [0.25, 0.3) is 0 Å². The fraction of sp³-hybridized carbons (Fsp3) is 0.500. The van der Waals surface area contributed by atoms with Gasteiger partial charge < -0.3 is 19.3 Å². The van der Waals surface area contributed by atoms with Crippen LogP contribution in [0.5, 0.6) is 11.5 Å². The van der Waals surface area contributed by atoms with Crippen molar-refractivity contribution in [3.05, 3.63) is 18.2 Å². The molecule has 0 bridgehead atoms. The van der Waals surface area contributed by atoms with Gasteiger partial charge in [0, 0.05) is 31.4 Å². The Hall–Kier alpha value is -1.93. The molecule has 19 heavy (non-hydrogen) atoms. The fourth-order valence-electron chi connectivity index (χ4n) is 2.69. The van der Waals surface area contributed by atoms with E-state index in [9.17, 15) is 0 Å². The molecular formula is C14H17N3O2. The maximum absolute atomic E-state index is 8.98. The van der Waals surface area contributed by atoms with Crippen molar-refractivity contribution in [2.45, 2.75) is 12.5 Å². The molecule has 2 aliphatic rings. The van der Waals surface area contributed by atoms with Gasteiger partial charge in [-0.25, -0.2) is 0 Å². The van der Waals surface area contributed by atoms with Gasteiger partial charge in [-0.15, -0.1) is 0 Å². The summed E-state index contributed by atoms with van der Waals surface area (Å²) < 4.78 is 10.8. The molecule has 5 nitrogen and oxygen atoms in total. The molecule has 5 heteroatoms. The van der Waals surface area contributed by atoms with E-state index in [1.807, 2.05) is 18.2 Å². The van der Waals surface area contributed by atoms with E-state index in [0.29, 0.717) is 13.2 Å². The second-order valence-electron chi connectivity index (χ2n) is 5.01. The van der Waals surface area contributed by atoms with Crippen molar-refractivity contribution in [1.29, 1.82) is 5.26 Å². The summed E-state index contributed by atoms with van der Waals surface area (Å²) in [6.45, 7) is 3.16. The monoisotopic (exact) mass is 259 g/mol. The van der Waals surface area contributed by atoms with Crippen LogP contribution in [0.1, 0.15) is 6.42 Å². The molecule has 1 atom stereocenters. The average Bonchev–Trinajstić information content (AvgIpc) is 2.86. The smallest absolute Gasteiger partial charge is 0.231 e. The predicted octanol–water partition coefficient (Wildman–Crippen LogP) is 1.45. The molecule has 3 rings (SSSR count). The average molecular weight is 259 g/mol. The van der Waals surface area contributed by atoms with E-state index >= 15 is 0 Å². The van der Waals surface area contributed by atoms with E-state index in [0.717, 1.165) is 36.8 Å². The number of piperazine rings is 1. The molecule has 1 aromatic carbocycles. The van der Waals surface area contributed by atoms with Gasteiger partial charge in [-0.1, -0.05) is 0 Å². The van der Waals surface area contributed by atoms with Crippen molar-refractivity contribution >= 4 is 5.69 Å². The predicted molar refractivity (Wildman–Crippen MR) is 71.4 cm³/mol. The highest BCUT2D eigenvalue weighted by Crippen LogP contribution is 2.36. The first kappa shape index (κ1) is 12.1. The van der Waals surface area contributed by atoms with Crippen LogP contribution in [0.25, 0.3) is 0 Å². The minimum absolute atomic E-state index is 0.240. The normalized spacial score (nSPS) is 22.3. The minimum atomic E-state index is 0.240. The maximum Gasteiger partial charge on any atom is 0.231 e. The number of hydrogen-bond donors (Lipinski definition) is 0. The van der Waals surface area contributed by atoms with Crippen molar-refractivity contribution in [2.75, 3.05) is 38.4 Å². The number of ether oxygens (including phenoxy) is 2.